The monoisotopic (exact) mass is 286 g/mol. The van der Waals surface area contributed by atoms with Crippen molar-refractivity contribution in [2.45, 2.75) is 25.9 Å². The number of anilines is 1. The van der Waals surface area contributed by atoms with E-state index in [2.05, 4.69) is 17.1 Å². The fourth-order valence-electron chi connectivity index (χ4n) is 2.38. The van der Waals surface area contributed by atoms with Crippen molar-refractivity contribution in [3.8, 4) is 0 Å². The highest BCUT2D eigenvalue weighted by Crippen LogP contribution is 2.23. The third-order valence-corrected chi connectivity index (χ3v) is 4.04. The molecule has 2 aromatic carbocycles. The molecule has 1 N–H and O–H groups in total. The van der Waals surface area contributed by atoms with Gasteiger partial charge in [-0.05, 0) is 39.1 Å². The quantitative estimate of drug-likeness (QED) is 0.851. The van der Waals surface area contributed by atoms with Crippen LogP contribution in [0.1, 0.15) is 25.5 Å². The lowest BCUT2D eigenvalue weighted by Crippen LogP contribution is -2.37. The SMILES string of the molecule is CC(CNc1ccccc1)N(C)C(C)c1ccccc1F. The van der Waals surface area contributed by atoms with Crippen molar-refractivity contribution < 1.29 is 4.39 Å². The highest BCUT2D eigenvalue weighted by molar-refractivity contribution is 5.42. The van der Waals surface area contributed by atoms with E-state index in [0.29, 0.717) is 6.04 Å². The maximum atomic E-state index is 13.9. The van der Waals surface area contributed by atoms with Gasteiger partial charge in [0.2, 0.25) is 0 Å². The molecule has 0 fully saturated rings. The number of nitrogens with one attached hydrogen (secondary N) is 1. The molecule has 2 aromatic rings. The minimum Gasteiger partial charge on any atom is -0.383 e. The molecule has 0 bridgehead atoms. The van der Waals surface area contributed by atoms with Crippen molar-refractivity contribution >= 4 is 5.69 Å². The zero-order valence-electron chi connectivity index (χ0n) is 12.9. The van der Waals surface area contributed by atoms with Gasteiger partial charge in [0.15, 0.2) is 0 Å². The minimum absolute atomic E-state index is 0.0405. The summed E-state index contributed by atoms with van der Waals surface area (Å²) in [6, 6.07) is 17.4. The van der Waals surface area contributed by atoms with Gasteiger partial charge in [-0.1, -0.05) is 36.4 Å². The maximum Gasteiger partial charge on any atom is 0.127 e. The van der Waals surface area contributed by atoms with Gasteiger partial charge in [-0.25, -0.2) is 4.39 Å². The van der Waals surface area contributed by atoms with E-state index in [1.807, 2.05) is 56.4 Å². The first-order chi connectivity index (χ1) is 10.1. The second-order valence-corrected chi connectivity index (χ2v) is 5.46. The first-order valence-electron chi connectivity index (χ1n) is 7.35. The Labute approximate surface area is 126 Å². The van der Waals surface area contributed by atoms with Crippen LogP contribution in [0.15, 0.2) is 54.6 Å². The summed E-state index contributed by atoms with van der Waals surface area (Å²) >= 11 is 0. The zero-order valence-corrected chi connectivity index (χ0v) is 12.9. The molecule has 2 rings (SSSR count). The van der Waals surface area contributed by atoms with Gasteiger partial charge in [-0.3, -0.25) is 4.90 Å². The molecule has 21 heavy (non-hydrogen) atoms. The first kappa shape index (κ1) is 15.5. The zero-order chi connectivity index (χ0) is 15.2. The van der Waals surface area contributed by atoms with Crippen molar-refractivity contribution in [3.63, 3.8) is 0 Å². The first-order valence-corrected chi connectivity index (χ1v) is 7.35. The summed E-state index contributed by atoms with van der Waals surface area (Å²) in [5.74, 6) is -0.139. The van der Waals surface area contributed by atoms with Crippen LogP contribution in [0.4, 0.5) is 10.1 Å². The second kappa shape index (κ2) is 7.23. The van der Waals surface area contributed by atoms with E-state index in [9.17, 15) is 4.39 Å². The van der Waals surface area contributed by atoms with Crippen molar-refractivity contribution in [1.29, 1.82) is 0 Å². The van der Waals surface area contributed by atoms with Crippen molar-refractivity contribution in [1.82, 2.24) is 4.90 Å². The normalized spacial score (nSPS) is 14.0. The van der Waals surface area contributed by atoms with Gasteiger partial charge in [0.05, 0.1) is 0 Å². The van der Waals surface area contributed by atoms with E-state index in [0.717, 1.165) is 17.8 Å². The highest BCUT2D eigenvalue weighted by Gasteiger charge is 2.19. The summed E-state index contributed by atoms with van der Waals surface area (Å²) in [5.41, 5.74) is 1.85. The topological polar surface area (TPSA) is 15.3 Å². The summed E-state index contributed by atoms with van der Waals surface area (Å²) in [5, 5.41) is 3.41. The van der Waals surface area contributed by atoms with Crippen molar-refractivity contribution in [3.05, 3.63) is 66.0 Å². The van der Waals surface area contributed by atoms with E-state index in [4.69, 9.17) is 0 Å². The highest BCUT2D eigenvalue weighted by atomic mass is 19.1. The van der Waals surface area contributed by atoms with Gasteiger partial charge < -0.3 is 5.32 Å². The summed E-state index contributed by atoms with van der Waals surface area (Å²) in [6.45, 7) is 5.00. The third kappa shape index (κ3) is 4.05. The Morgan fingerprint density at radius 1 is 1.00 bits per heavy atom. The Hall–Kier alpha value is -1.87. The third-order valence-electron chi connectivity index (χ3n) is 4.04. The average molecular weight is 286 g/mol. The fraction of sp³-hybridized carbons (Fsp3) is 0.333. The molecular weight excluding hydrogens is 263 g/mol. The Morgan fingerprint density at radius 2 is 1.62 bits per heavy atom. The standard InChI is InChI=1S/C18H23FN2/c1-14(13-20-16-9-5-4-6-10-16)21(3)15(2)17-11-7-8-12-18(17)19/h4-12,14-15,20H,13H2,1-3H3. The molecule has 0 radical (unpaired) electrons. The molecule has 112 valence electrons. The number of halogens is 1. The van der Waals surface area contributed by atoms with E-state index in [1.54, 1.807) is 6.07 Å². The molecule has 0 saturated heterocycles. The Bertz CT molecular complexity index is 556. The summed E-state index contributed by atoms with van der Waals surface area (Å²) in [6.07, 6.45) is 0. The van der Waals surface area contributed by atoms with Crippen LogP contribution >= 0.6 is 0 Å². The van der Waals surface area contributed by atoms with Crippen LogP contribution in [-0.4, -0.2) is 24.5 Å². The molecule has 0 aliphatic carbocycles. The van der Waals surface area contributed by atoms with Crippen LogP contribution in [-0.2, 0) is 0 Å². The van der Waals surface area contributed by atoms with Crippen molar-refractivity contribution in [2.24, 2.45) is 0 Å². The molecule has 2 unspecified atom stereocenters. The van der Waals surface area contributed by atoms with Gasteiger partial charge in [0.1, 0.15) is 5.82 Å². The number of hydrogen-bond acceptors (Lipinski definition) is 2. The molecule has 0 aliphatic heterocycles. The predicted octanol–water partition coefficient (Wildman–Crippen LogP) is 4.32. The van der Waals surface area contributed by atoms with Gasteiger partial charge in [-0.2, -0.15) is 0 Å². The van der Waals surface area contributed by atoms with Crippen LogP contribution in [0.5, 0.6) is 0 Å². The van der Waals surface area contributed by atoms with E-state index in [-0.39, 0.29) is 11.9 Å². The van der Waals surface area contributed by atoms with Gasteiger partial charge in [0, 0.05) is 29.9 Å². The van der Waals surface area contributed by atoms with E-state index >= 15 is 0 Å². The number of nitrogens with zero attached hydrogens (tertiary/aromatic N) is 1. The molecule has 0 saturated carbocycles. The van der Waals surface area contributed by atoms with Crippen LogP contribution in [0.2, 0.25) is 0 Å². The number of rotatable bonds is 6. The lowest BCUT2D eigenvalue weighted by atomic mass is 10.1. The summed E-state index contributed by atoms with van der Waals surface area (Å²) in [4.78, 5) is 2.19. The van der Waals surface area contributed by atoms with Crippen LogP contribution in [0.3, 0.4) is 0 Å². The maximum absolute atomic E-state index is 13.9. The molecule has 0 heterocycles. The molecule has 0 amide bonds. The summed E-state index contributed by atoms with van der Waals surface area (Å²) in [7, 11) is 2.04. The van der Waals surface area contributed by atoms with Crippen LogP contribution < -0.4 is 5.32 Å². The Balaban J connectivity index is 1.96. The fourth-order valence-corrected chi connectivity index (χ4v) is 2.38. The molecule has 2 nitrogen and oxygen atoms in total. The average Bonchev–Trinajstić information content (AvgIpc) is 2.52. The largest absolute Gasteiger partial charge is 0.383 e. The number of hydrogen-bond donors (Lipinski definition) is 1. The lowest BCUT2D eigenvalue weighted by molar-refractivity contribution is 0.201. The number of likely N-dealkylation sites (N-methyl/N-ethyl adjacent to an activating group) is 1. The van der Waals surface area contributed by atoms with Crippen LogP contribution in [0, 0.1) is 5.82 Å². The second-order valence-electron chi connectivity index (χ2n) is 5.46. The predicted molar refractivity (Wildman–Crippen MR) is 87.0 cm³/mol. The smallest absolute Gasteiger partial charge is 0.127 e. The minimum atomic E-state index is -0.139. The van der Waals surface area contributed by atoms with Gasteiger partial charge in [-0.15, -0.1) is 0 Å². The molecule has 0 aromatic heterocycles. The number of benzene rings is 2. The van der Waals surface area contributed by atoms with Crippen molar-refractivity contribution in [2.75, 3.05) is 18.9 Å². The van der Waals surface area contributed by atoms with E-state index in [1.165, 1.54) is 6.07 Å². The molecular formula is C18H23FN2. The van der Waals surface area contributed by atoms with Gasteiger partial charge >= 0.3 is 0 Å². The van der Waals surface area contributed by atoms with Crippen LogP contribution in [0.25, 0.3) is 0 Å². The molecule has 3 heteroatoms. The summed E-state index contributed by atoms with van der Waals surface area (Å²) < 4.78 is 13.9. The number of para-hydroxylation sites is 1. The Kier molecular flexibility index (Phi) is 5.34. The Morgan fingerprint density at radius 3 is 2.29 bits per heavy atom. The molecule has 2 atom stereocenters. The van der Waals surface area contributed by atoms with E-state index < -0.39 is 0 Å². The lowest BCUT2D eigenvalue weighted by Gasteiger charge is -2.31. The van der Waals surface area contributed by atoms with Gasteiger partial charge in [0.25, 0.3) is 0 Å². The molecule has 0 aliphatic rings. The molecule has 0 spiro atoms.